The van der Waals surface area contributed by atoms with Gasteiger partial charge in [0.05, 0.1) is 7.05 Å². The smallest absolute Gasteiger partial charge is 0.237 e. The van der Waals surface area contributed by atoms with Crippen molar-refractivity contribution in [1.82, 2.24) is 0 Å². The summed E-state index contributed by atoms with van der Waals surface area (Å²) in [5, 5.41) is 0. The van der Waals surface area contributed by atoms with Crippen molar-refractivity contribution >= 4 is 12.1 Å². The van der Waals surface area contributed by atoms with Gasteiger partial charge in [-0.05, 0) is 6.92 Å². The molecule has 0 saturated carbocycles. The van der Waals surface area contributed by atoms with Crippen LogP contribution in [-0.4, -0.2) is 29.7 Å². The Hall–Kier alpha value is -0.660. The molecule has 2 heteroatoms. The molecule has 0 bridgehead atoms. The van der Waals surface area contributed by atoms with Crippen LogP contribution in [0.4, 0.5) is 0 Å². The first-order valence-electron chi connectivity index (χ1n) is 2.82. The van der Waals surface area contributed by atoms with Gasteiger partial charge in [0.2, 0.25) is 0 Å². The Morgan fingerprint density at radius 2 is 2.38 bits per heavy atom. The lowest BCUT2D eigenvalue weighted by Gasteiger charge is -1.81. The van der Waals surface area contributed by atoms with E-state index in [0.717, 1.165) is 5.84 Å². The first-order valence-corrected chi connectivity index (χ1v) is 2.82. The van der Waals surface area contributed by atoms with Gasteiger partial charge in [0.15, 0.2) is 6.04 Å². The molecule has 0 radical (unpaired) electrons. The zero-order valence-electron chi connectivity index (χ0n) is 5.55. The molecule has 1 unspecified atom stereocenters. The molecule has 1 heterocycles. The van der Waals surface area contributed by atoms with Crippen molar-refractivity contribution in [3.63, 3.8) is 0 Å². The zero-order chi connectivity index (χ0) is 6.15. The van der Waals surface area contributed by atoms with Crippen LogP contribution in [0.1, 0.15) is 13.8 Å². The minimum Gasteiger partial charge on any atom is -0.237 e. The normalized spacial score (nSPS) is 27.6. The van der Waals surface area contributed by atoms with Gasteiger partial charge in [-0.3, -0.25) is 0 Å². The van der Waals surface area contributed by atoms with Gasteiger partial charge in [-0.2, -0.15) is 0 Å². The molecule has 0 aromatic rings. The molecular weight excluding hydrogens is 100 g/mol. The van der Waals surface area contributed by atoms with Crippen LogP contribution >= 0.6 is 0 Å². The van der Waals surface area contributed by atoms with Crippen LogP contribution in [0.2, 0.25) is 0 Å². The van der Waals surface area contributed by atoms with Gasteiger partial charge in [0.25, 0.3) is 5.84 Å². The fourth-order valence-electron chi connectivity index (χ4n) is 0.851. The Kier molecular flexibility index (Phi) is 1.16. The van der Waals surface area contributed by atoms with E-state index in [1.807, 2.05) is 18.5 Å². The monoisotopic (exact) mass is 111 g/mol. The highest BCUT2D eigenvalue weighted by molar-refractivity contribution is 5.82. The highest BCUT2D eigenvalue weighted by Crippen LogP contribution is 1.94. The van der Waals surface area contributed by atoms with Crippen LogP contribution in [0.5, 0.6) is 0 Å². The molecule has 1 atom stereocenters. The summed E-state index contributed by atoms with van der Waals surface area (Å²) in [5.74, 6) is 1.11. The van der Waals surface area contributed by atoms with E-state index in [1.165, 1.54) is 0 Å². The molecular formula is C6H11N2+. The van der Waals surface area contributed by atoms with Gasteiger partial charge < -0.3 is 0 Å². The third-order valence-corrected chi connectivity index (χ3v) is 1.34. The van der Waals surface area contributed by atoms with E-state index in [1.54, 1.807) is 0 Å². The summed E-state index contributed by atoms with van der Waals surface area (Å²) >= 11 is 0. The summed E-state index contributed by atoms with van der Waals surface area (Å²) in [7, 11) is 2.02. The van der Waals surface area contributed by atoms with E-state index in [4.69, 9.17) is 0 Å². The molecule has 2 nitrogen and oxygen atoms in total. The number of amidine groups is 1. The largest absolute Gasteiger partial charge is 0.289 e. The second-order valence-corrected chi connectivity index (χ2v) is 2.18. The lowest BCUT2D eigenvalue weighted by Crippen LogP contribution is -2.08. The predicted molar refractivity (Wildman–Crippen MR) is 34.8 cm³/mol. The number of aliphatic imine (C=N–C) groups is 1. The van der Waals surface area contributed by atoms with E-state index in [2.05, 4.69) is 18.1 Å². The third kappa shape index (κ3) is 0.782. The molecule has 0 spiro atoms. The lowest BCUT2D eigenvalue weighted by molar-refractivity contribution is -0.363. The second kappa shape index (κ2) is 1.69. The molecule has 0 amide bonds. The first kappa shape index (κ1) is 5.48. The van der Waals surface area contributed by atoms with Gasteiger partial charge in [-0.1, -0.05) is 4.99 Å². The minimum atomic E-state index is 0.389. The predicted octanol–water partition coefficient (Wildman–Crippen LogP) is 0.520. The van der Waals surface area contributed by atoms with Crippen molar-refractivity contribution in [2.24, 2.45) is 4.99 Å². The Morgan fingerprint density at radius 3 is 2.50 bits per heavy atom. The second-order valence-electron chi connectivity index (χ2n) is 2.18. The fraction of sp³-hybridized carbons (Fsp3) is 0.667. The molecule has 0 aromatic heterocycles. The van der Waals surface area contributed by atoms with E-state index in [0.29, 0.717) is 6.04 Å². The van der Waals surface area contributed by atoms with Gasteiger partial charge in [-0.15, -0.1) is 0 Å². The van der Waals surface area contributed by atoms with Gasteiger partial charge in [0, 0.05) is 6.92 Å². The van der Waals surface area contributed by atoms with Crippen LogP contribution < -0.4 is 0 Å². The van der Waals surface area contributed by atoms with Crippen LogP contribution in [0.3, 0.4) is 0 Å². The molecule has 44 valence electrons. The van der Waals surface area contributed by atoms with E-state index < -0.39 is 0 Å². The maximum atomic E-state index is 4.26. The van der Waals surface area contributed by atoms with E-state index >= 15 is 0 Å². The number of hydrogen-bond acceptors (Lipinski definition) is 1. The standard InChI is InChI=1S/C6H11N2/c1-5-4-8(3)6(2)7-5/h4-5H,1-3H3/q+1. The van der Waals surface area contributed by atoms with Gasteiger partial charge in [-0.25, -0.2) is 4.58 Å². The average Bonchev–Trinajstić information content (AvgIpc) is 1.85. The molecule has 1 rings (SSSR count). The molecule has 0 saturated heterocycles. The molecule has 0 aliphatic carbocycles. The maximum absolute atomic E-state index is 4.26. The molecule has 1 aliphatic heterocycles. The Balaban J connectivity index is 2.82. The summed E-state index contributed by atoms with van der Waals surface area (Å²) in [6.45, 7) is 4.09. The van der Waals surface area contributed by atoms with Crippen molar-refractivity contribution in [3.8, 4) is 0 Å². The Bertz CT molecular complexity index is 138. The first-order chi connectivity index (χ1) is 3.70. The highest BCUT2D eigenvalue weighted by Gasteiger charge is 2.16. The fourth-order valence-corrected chi connectivity index (χ4v) is 0.851. The summed E-state index contributed by atoms with van der Waals surface area (Å²) < 4.78 is 2.05. The molecule has 0 fully saturated rings. The van der Waals surface area contributed by atoms with Gasteiger partial charge in [0.1, 0.15) is 6.21 Å². The Morgan fingerprint density at radius 1 is 1.75 bits per heavy atom. The topological polar surface area (TPSA) is 15.4 Å². The minimum absolute atomic E-state index is 0.389. The quantitative estimate of drug-likeness (QED) is 0.405. The van der Waals surface area contributed by atoms with Crippen LogP contribution in [0.25, 0.3) is 0 Å². The summed E-state index contributed by atoms with van der Waals surface area (Å²) in [4.78, 5) is 4.26. The van der Waals surface area contributed by atoms with Crippen LogP contribution in [-0.2, 0) is 0 Å². The van der Waals surface area contributed by atoms with E-state index in [-0.39, 0.29) is 0 Å². The molecule has 8 heavy (non-hydrogen) atoms. The van der Waals surface area contributed by atoms with Crippen molar-refractivity contribution in [2.45, 2.75) is 19.9 Å². The average molecular weight is 111 g/mol. The molecule has 0 N–H and O–H groups in total. The summed E-state index contributed by atoms with van der Waals surface area (Å²) in [6, 6.07) is 0.389. The van der Waals surface area contributed by atoms with Crippen molar-refractivity contribution < 1.29 is 4.58 Å². The maximum Gasteiger partial charge on any atom is 0.289 e. The van der Waals surface area contributed by atoms with Crippen LogP contribution in [0, 0.1) is 0 Å². The number of nitrogens with zero attached hydrogens (tertiary/aromatic N) is 2. The van der Waals surface area contributed by atoms with Gasteiger partial charge >= 0.3 is 0 Å². The van der Waals surface area contributed by atoms with Crippen LogP contribution in [0.15, 0.2) is 4.99 Å². The van der Waals surface area contributed by atoms with E-state index in [9.17, 15) is 0 Å². The number of rotatable bonds is 0. The van der Waals surface area contributed by atoms with Crippen molar-refractivity contribution in [1.29, 1.82) is 0 Å². The highest BCUT2D eigenvalue weighted by atomic mass is 15.1. The summed E-state index contributed by atoms with van der Waals surface area (Å²) in [5.41, 5.74) is 0. The van der Waals surface area contributed by atoms with Crippen molar-refractivity contribution in [2.75, 3.05) is 7.05 Å². The lowest BCUT2D eigenvalue weighted by atomic mass is 10.4. The Labute approximate surface area is 49.6 Å². The number of hydrogen-bond donors (Lipinski definition) is 0. The SMILES string of the molecule is CC1=NC(C)C=[N+]1C. The molecule has 1 aliphatic rings. The third-order valence-electron chi connectivity index (χ3n) is 1.34. The zero-order valence-corrected chi connectivity index (χ0v) is 5.55. The summed E-state index contributed by atoms with van der Waals surface area (Å²) in [6.07, 6.45) is 2.09. The molecule has 0 aromatic carbocycles. The van der Waals surface area contributed by atoms with Crippen molar-refractivity contribution in [3.05, 3.63) is 0 Å².